The molecule has 0 aliphatic rings. The summed E-state index contributed by atoms with van der Waals surface area (Å²) in [5.74, 6) is -1.47. The first-order valence-corrected chi connectivity index (χ1v) is 14.0. The third-order valence-electron chi connectivity index (χ3n) is 5.48. The van der Waals surface area contributed by atoms with Gasteiger partial charge < -0.3 is 19.7 Å². The highest BCUT2D eigenvalue weighted by Crippen LogP contribution is 2.25. The number of methoxy groups -OCH3 is 1. The van der Waals surface area contributed by atoms with Crippen LogP contribution in [0.3, 0.4) is 0 Å². The second-order valence-electron chi connectivity index (χ2n) is 8.88. The average Bonchev–Trinajstić information content (AvgIpc) is 3.43. The van der Waals surface area contributed by atoms with E-state index in [1.54, 1.807) is 31.3 Å². The maximum Gasteiger partial charge on any atom is 0.343 e. The van der Waals surface area contributed by atoms with E-state index >= 15 is 0 Å². The lowest BCUT2D eigenvalue weighted by molar-refractivity contribution is -0.163. The molecule has 2 rings (SSSR count). The van der Waals surface area contributed by atoms with Gasteiger partial charge >= 0.3 is 5.97 Å². The van der Waals surface area contributed by atoms with Crippen LogP contribution in [-0.2, 0) is 23.9 Å². The molecule has 1 aromatic heterocycles. The topological polar surface area (TPSA) is 125 Å². The molecule has 2 N–H and O–H groups in total. The van der Waals surface area contributed by atoms with Crippen LogP contribution in [0.25, 0.3) is 0 Å². The minimum absolute atomic E-state index is 0.0642. The minimum atomic E-state index is -0.616. The number of thiophene rings is 1. The third-order valence-corrected chi connectivity index (χ3v) is 7.58. The van der Waals surface area contributed by atoms with E-state index in [4.69, 9.17) is 4.74 Å². The molecule has 0 spiro atoms. The largest absolute Gasteiger partial charge is 0.482 e. The number of rotatable bonds is 15. The van der Waals surface area contributed by atoms with Gasteiger partial charge in [-0.1, -0.05) is 31.7 Å². The van der Waals surface area contributed by atoms with Gasteiger partial charge in [-0.3, -0.25) is 19.6 Å². The van der Waals surface area contributed by atoms with Crippen molar-refractivity contribution in [3.63, 3.8) is 0 Å². The molecule has 0 fully saturated rings. The zero-order valence-electron chi connectivity index (χ0n) is 22.0. The van der Waals surface area contributed by atoms with Crippen LogP contribution >= 0.6 is 23.1 Å². The fourth-order valence-electron chi connectivity index (χ4n) is 3.43. The van der Waals surface area contributed by atoms with E-state index in [1.165, 1.54) is 35.1 Å². The first kappa shape index (κ1) is 31.1. The smallest absolute Gasteiger partial charge is 0.343 e. The zero-order chi connectivity index (χ0) is 28.1. The van der Waals surface area contributed by atoms with Crippen molar-refractivity contribution in [2.45, 2.75) is 37.3 Å². The van der Waals surface area contributed by atoms with Crippen molar-refractivity contribution in [1.29, 1.82) is 0 Å². The van der Waals surface area contributed by atoms with E-state index in [2.05, 4.69) is 10.1 Å². The van der Waals surface area contributed by atoms with E-state index < -0.39 is 17.8 Å². The van der Waals surface area contributed by atoms with Gasteiger partial charge in [0.1, 0.15) is 5.75 Å². The average molecular weight is 566 g/mol. The fraction of sp³-hybridized carbons (Fsp3) is 0.462. The Labute approximate surface area is 231 Å². The summed E-state index contributed by atoms with van der Waals surface area (Å²) in [4.78, 5) is 50.6. The number of hydrogen-bond donors (Lipinski definition) is 2. The van der Waals surface area contributed by atoms with Gasteiger partial charge in [-0.15, -0.1) is 11.3 Å². The molecule has 0 aliphatic heterocycles. The third kappa shape index (κ3) is 10.7. The van der Waals surface area contributed by atoms with Crippen molar-refractivity contribution in [1.82, 2.24) is 10.4 Å². The number of nitrogens with one attached hydrogen (secondary N) is 1. The van der Waals surface area contributed by atoms with Crippen LogP contribution < -0.4 is 15.0 Å². The van der Waals surface area contributed by atoms with E-state index in [9.17, 15) is 24.4 Å². The number of anilines is 1. The Morgan fingerprint density at radius 3 is 2.42 bits per heavy atom. The number of esters is 1. The quantitative estimate of drug-likeness (QED) is 0.110. The SMILES string of the molecule is COC(=O)COc1ccc(N(C)C(=O)CCNC(=O)[C@@H](CC(=O)N(O)CSc2cccs2)CC(C)C)cc1. The molecule has 12 heteroatoms. The first-order chi connectivity index (χ1) is 18.1. The van der Waals surface area contributed by atoms with Crippen molar-refractivity contribution in [2.75, 3.05) is 38.1 Å². The molecule has 208 valence electrons. The van der Waals surface area contributed by atoms with Gasteiger partial charge in [-0.25, -0.2) is 9.86 Å². The summed E-state index contributed by atoms with van der Waals surface area (Å²) in [6.07, 6.45) is 0.417. The molecule has 0 radical (unpaired) electrons. The van der Waals surface area contributed by atoms with Crippen molar-refractivity contribution < 1.29 is 33.9 Å². The summed E-state index contributed by atoms with van der Waals surface area (Å²) in [6, 6.07) is 10.4. The van der Waals surface area contributed by atoms with E-state index in [0.29, 0.717) is 22.9 Å². The molecule has 1 heterocycles. The summed E-state index contributed by atoms with van der Waals surface area (Å²) in [7, 11) is 2.90. The van der Waals surface area contributed by atoms with Gasteiger partial charge in [0, 0.05) is 38.0 Å². The Morgan fingerprint density at radius 1 is 1.11 bits per heavy atom. The summed E-state index contributed by atoms with van der Waals surface area (Å²) in [5, 5.41) is 15.5. The van der Waals surface area contributed by atoms with Gasteiger partial charge in [0.25, 0.3) is 0 Å². The first-order valence-electron chi connectivity index (χ1n) is 12.1. The normalized spacial score (nSPS) is 11.5. The standard InChI is InChI=1S/C26H35N3O7S2/c1-18(2)14-19(15-23(31)29(34)17-38-25-6-5-13-37-25)26(33)27-12-11-22(30)28(3)20-7-9-21(10-8-20)36-16-24(32)35-4/h5-10,13,18-19,34H,11-12,14-17H2,1-4H3,(H,27,33)/t19-/m1/s1. The van der Waals surface area contributed by atoms with Crippen molar-refractivity contribution in [2.24, 2.45) is 11.8 Å². The Kier molecular flexibility index (Phi) is 13.1. The highest BCUT2D eigenvalue weighted by molar-refractivity contribution is 8.01. The van der Waals surface area contributed by atoms with Crippen LogP contribution in [0.1, 0.15) is 33.1 Å². The van der Waals surface area contributed by atoms with Crippen LogP contribution in [-0.4, -0.2) is 67.1 Å². The number of hydrogen-bond acceptors (Lipinski definition) is 9. The second kappa shape index (κ2) is 16.0. The van der Waals surface area contributed by atoms with E-state index in [0.717, 1.165) is 4.21 Å². The minimum Gasteiger partial charge on any atom is -0.482 e. The van der Waals surface area contributed by atoms with Gasteiger partial charge in [-0.2, -0.15) is 0 Å². The Bertz CT molecular complexity index is 1050. The molecular formula is C26H35N3O7S2. The lowest BCUT2D eigenvalue weighted by Crippen LogP contribution is -2.38. The maximum atomic E-state index is 12.8. The number of hydroxylamine groups is 2. The highest BCUT2D eigenvalue weighted by Gasteiger charge is 2.25. The molecule has 0 aliphatic carbocycles. The van der Waals surface area contributed by atoms with Crippen molar-refractivity contribution in [3.8, 4) is 5.75 Å². The number of ether oxygens (including phenoxy) is 2. The van der Waals surface area contributed by atoms with Crippen LogP contribution in [0, 0.1) is 11.8 Å². The Balaban J connectivity index is 1.82. The van der Waals surface area contributed by atoms with Gasteiger partial charge in [-0.05, 0) is 48.1 Å². The monoisotopic (exact) mass is 565 g/mol. The number of benzene rings is 1. The predicted octanol–water partition coefficient (Wildman–Crippen LogP) is 3.79. The molecule has 0 bridgehead atoms. The van der Waals surface area contributed by atoms with Gasteiger partial charge in [0.05, 0.1) is 17.2 Å². The molecule has 0 saturated carbocycles. The van der Waals surface area contributed by atoms with Crippen LogP contribution in [0.5, 0.6) is 5.75 Å². The number of carbonyl (C=O) groups excluding carboxylic acids is 4. The fourth-order valence-corrected chi connectivity index (χ4v) is 5.04. The van der Waals surface area contributed by atoms with Crippen molar-refractivity contribution in [3.05, 3.63) is 41.8 Å². The molecule has 1 atom stereocenters. The lowest BCUT2D eigenvalue weighted by Gasteiger charge is -2.21. The Morgan fingerprint density at radius 2 is 1.82 bits per heavy atom. The highest BCUT2D eigenvalue weighted by atomic mass is 32.2. The van der Waals surface area contributed by atoms with Crippen LogP contribution in [0.4, 0.5) is 5.69 Å². The molecule has 1 aromatic carbocycles. The van der Waals surface area contributed by atoms with Crippen molar-refractivity contribution >= 4 is 52.5 Å². The summed E-state index contributed by atoms with van der Waals surface area (Å²) >= 11 is 2.86. The van der Waals surface area contributed by atoms with E-state index in [-0.39, 0.29) is 49.6 Å². The van der Waals surface area contributed by atoms with Crippen LogP contribution in [0.15, 0.2) is 46.0 Å². The van der Waals surface area contributed by atoms with E-state index in [1.807, 2.05) is 31.4 Å². The molecule has 38 heavy (non-hydrogen) atoms. The second-order valence-corrected chi connectivity index (χ2v) is 11.1. The zero-order valence-corrected chi connectivity index (χ0v) is 23.7. The number of thioether (sulfide) groups is 1. The molecule has 10 nitrogen and oxygen atoms in total. The predicted molar refractivity (Wildman–Crippen MR) is 146 cm³/mol. The molecular weight excluding hydrogens is 530 g/mol. The van der Waals surface area contributed by atoms with Crippen LogP contribution in [0.2, 0.25) is 0 Å². The molecule has 2 aromatic rings. The lowest BCUT2D eigenvalue weighted by atomic mass is 9.93. The van der Waals surface area contributed by atoms with Gasteiger partial charge in [0.15, 0.2) is 6.61 Å². The Hall–Kier alpha value is -3.09. The van der Waals surface area contributed by atoms with Gasteiger partial charge in [0.2, 0.25) is 17.7 Å². The summed E-state index contributed by atoms with van der Waals surface area (Å²) in [5.41, 5.74) is 0.624. The summed E-state index contributed by atoms with van der Waals surface area (Å²) < 4.78 is 10.8. The number of amides is 3. The molecule has 0 saturated heterocycles. The maximum absolute atomic E-state index is 12.8. The summed E-state index contributed by atoms with van der Waals surface area (Å²) in [6.45, 7) is 3.82. The molecule has 3 amide bonds. The number of carbonyl (C=O) groups is 4. The molecule has 0 unspecified atom stereocenters. The number of nitrogens with zero attached hydrogens (tertiary/aromatic N) is 2.